The average molecular weight is 252 g/mol. The summed E-state index contributed by atoms with van der Waals surface area (Å²) < 4.78 is 22.8. The zero-order chi connectivity index (χ0) is 13.4. The van der Waals surface area contributed by atoms with Crippen LogP contribution in [-0.2, 0) is 9.53 Å². The Morgan fingerprint density at radius 2 is 2.17 bits per heavy atom. The number of hydrogen-bond donors (Lipinski definition) is 0. The topological polar surface area (TPSA) is 52.6 Å². The Morgan fingerprint density at radius 3 is 2.83 bits per heavy atom. The molecule has 1 aromatic carbocycles. The van der Waals surface area contributed by atoms with E-state index < -0.39 is 11.8 Å². The molecule has 0 aliphatic carbocycles. The fraction of sp³-hybridized carbons (Fsp3) is 0.231. The van der Waals surface area contributed by atoms with Gasteiger partial charge in [-0.05, 0) is 25.1 Å². The van der Waals surface area contributed by atoms with Crippen molar-refractivity contribution in [2.75, 3.05) is 13.2 Å². The number of carbonyl (C=O) groups is 2. The molecule has 0 aliphatic rings. The lowest BCUT2D eigenvalue weighted by atomic mass is 10.2. The highest BCUT2D eigenvalue weighted by atomic mass is 19.1. The van der Waals surface area contributed by atoms with Crippen LogP contribution in [0.5, 0.6) is 5.75 Å². The van der Waals surface area contributed by atoms with E-state index >= 15 is 0 Å². The molecule has 0 spiro atoms. The van der Waals surface area contributed by atoms with Crippen LogP contribution in [0.2, 0.25) is 0 Å². The molecule has 96 valence electrons. The summed E-state index contributed by atoms with van der Waals surface area (Å²) in [5.74, 6) is -0.788. The number of benzene rings is 1. The molecule has 4 nitrogen and oxygen atoms in total. The van der Waals surface area contributed by atoms with E-state index in [-0.39, 0.29) is 17.9 Å². The fourth-order valence-corrected chi connectivity index (χ4v) is 1.21. The first-order chi connectivity index (χ1) is 8.65. The van der Waals surface area contributed by atoms with Crippen LogP contribution in [0.3, 0.4) is 0 Å². The Morgan fingerprint density at radius 1 is 1.39 bits per heavy atom. The maximum absolute atomic E-state index is 13.0. The largest absolute Gasteiger partial charge is 0.489 e. The third-order valence-corrected chi connectivity index (χ3v) is 1.92. The maximum Gasteiger partial charge on any atom is 0.330 e. The van der Waals surface area contributed by atoms with Gasteiger partial charge >= 0.3 is 5.97 Å². The molecule has 0 heterocycles. The number of rotatable bonds is 6. The van der Waals surface area contributed by atoms with E-state index in [1.54, 1.807) is 6.92 Å². The second-order valence-electron chi connectivity index (χ2n) is 3.30. The summed E-state index contributed by atoms with van der Waals surface area (Å²) in [6, 6.07) is 3.67. The van der Waals surface area contributed by atoms with Gasteiger partial charge in [0.2, 0.25) is 0 Å². The molecule has 0 radical (unpaired) electrons. The van der Waals surface area contributed by atoms with Gasteiger partial charge in [0, 0.05) is 17.7 Å². The number of ether oxygens (including phenoxy) is 2. The zero-order valence-electron chi connectivity index (χ0n) is 9.89. The highest BCUT2D eigenvalue weighted by Crippen LogP contribution is 2.15. The van der Waals surface area contributed by atoms with Crippen molar-refractivity contribution in [3.8, 4) is 5.75 Å². The van der Waals surface area contributed by atoms with Gasteiger partial charge in [-0.2, -0.15) is 0 Å². The number of hydrogen-bond acceptors (Lipinski definition) is 4. The van der Waals surface area contributed by atoms with Crippen molar-refractivity contribution in [2.45, 2.75) is 6.92 Å². The Bertz CT molecular complexity index is 454. The van der Waals surface area contributed by atoms with Crippen LogP contribution in [0.25, 0.3) is 0 Å². The minimum absolute atomic E-state index is 0.0839. The first kappa shape index (κ1) is 13.9. The molecule has 0 unspecified atom stereocenters. The molecule has 0 atom stereocenters. The van der Waals surface area contributed by atoms with Gasteiger partial charge in [-0.25, -0.2) is 9.18 Å². The van der Waals surface area contributed by atoms with Gasteiger partial charge in [-0.3, -0.25) is 4.79 Å². The predicted octanol–water partition coefficient (Wildman–Crippen LogP) is 2.14. The summed E-state index contributed by atoms with van der Waals surface area (Å²) in [7, 11) is 0. The summed E-state index contributed by atoms with van der Waals surface area (Å²) in [5, 5.41) is 0. The van der Waals surface area contributed by atoms with E-state index in [0.29, 0.717) is 12.9 Å². The molecule has 0 saturated carbocycles. The van der Waals surface area contributed by atoms with Crippen LogP contribution in [0, 0.1) is 5.82 Å². The van der Waals surface area contributed by atoms with Crippen LogP contribution in [0.1, 0.15) is 17.3 Å². The van der Waals surface area contributed by atoms with Gasteiger partial charge in [-0.15, -0.1) is 0 Å². The first-order valence-electron chi connectivity index (χ1n) is 5.37. The second-order valence-corrected chi connectivity index (χ2v) is 3.30. The summed E-state index contributed by atoms with van der Waals surface area (Å²) in [6.45, 7) is 2.09. The zero-order valence-corrected chi connectivity index (χ0v) is 9.89. The molecule has 0 fully saturated rings. The summed E-state index contributed by atoms with van der Waals surface area (Å²) in [4.78, 5) is 21.4. The molecule has 0 N–H and O–H groups in total. The van der Waals surface area contributed by atoms with Gasteiger partial charge in [0.1, 0.15) is 24.5 Å². The molecule has 0 aromatic heterocycles. The van der Waals surface area contributed by atoms with Crippen LogP contribution in [0.15, 0.2) is 30.4 Å². The second kappa shape index (κ2) is 7.21. The van der Waals surface area contributed by atoms with E-state index in [4.69, 9.17) is 4.74 Å². The summed E-state index contributed by atoms with van der Waals surface area (Å²) in [5.41, 5.74) is 0.194. The van der Waals surface area contributed by atoms with Crippen molar-refractivity contribution in [3.05, 3.63) is 41.7 Å². The van der Waals surface area contributed by atoms with E-state index in [2.05, 4.69) is 4.74 Å². The molecule has 0 saturated heterocycles. The molecular weight excluding hydrogens is 239 g/mol. The third-order valence-electron chi connectivity index (χ3n) is 1.92. The number of halogens is 1. The Labute approximate surface area is 104 Å². The lowest BCUT2D eigenvalue weighted by Gasteiger charge is -2.03. The van der Waals surface area contributed by atoms with Crippen molar-refractivity contribution in [1.82, 2.24) is 0 Å². The molecule has 5 heteroatoms. The number of esters is 1. The van der Waals surface area contributed by atoms with E-state index in [1.165, 1.54) is 18.2 Å². The standard InChI is InChI=1S/C13H13FO4/c1-2-17-13(16)4-3-5-18-12-7-10(9-15)6-11(14)8-12/h3-4,6-9H,2,5H2,1H3/b4-3+. The molecule has 18 heavy (non-hydrogen) atoms. The van der Waals surface area contributed by atoms with Crippen LogP contribution < -0.4 is 4.74 Å². The lowest BCUT2D eigenvalue weighted by Crippen LogP contribution is -2.01. The average Bonchev–Trinajstić information content (AvgIpc) is 2.34. The Kier molecular flexibility index (Phi) is 5.57. The highest BCUT2D eigenvalue weighted by Gasteiger charge is 2.00. The number of aldehydes is 1. The van der Waals surface area contributed by atoms with E-state index in [1.807, 2.05) is 0 Å². The number of carbonyl (C=O) groups excluding carboxylic acids is 2. The smallest absolute Gasteiger partial charge is 0.330 e. The van der Waals surface area contributed by atoms with E-state index in [0.717, 1.165) is 12.1 Å². The SMILES string of the molecule is CCOC(=O)/C=C/COc1cc(F)cc(C=O)c1. The molecule has 1 aromatic rings. The highest BCUT2D eigenvalue weighted by molar-refractivity contribution is 5.81. The van der Waals surface area contributed by atoms with Gasteiger partial charge in [0.15, 0.2) is 0 Å². The molecule has 0 amide bonds. The minimum Gasteiger partial charge on any atom is -0.489 e. The molecule has 1 rings (SSSR count). The van der Waals surface area contributed by atoms with Crippen molar-refractivity contribution in [1.29, 1.82) is 0 Å². The normalized spacial score (nSPS) is 10.3. The summed E-state index contributed by atoms with van der Waals surface area (Å²) >= 11 is 0. The molecule has 0 aliphatic heterocycles. The molecule has 0 bridgehead atoms. The van der Waals surface area contributed by atoms with Crippen molar-refractivity contribution in [2.24, 2.45) is 0 Å². The van der Waals surface area contributed by atoms with Gasteiger partial charge < -0.3 is 9.47 Å². The quantitative estimate of drug-likeness (QED) is 0.442. The Balaban J connectivity index is 2.51. The van der Waals surface area contributed by atoms with Crippen LogP contribution in [-0.4, -0.2) is 25.5 Å². The third kappa shape index (κ3) is 4.78. The van der Waals surface area contributed by atoms with Gasteiger partial charge in [0.25, 0.3) is 0 Å². The van der Waals surface area contributed by atoms with E-state index in [9.17, 15) is 14.0 Å². The van der Waals surface area contributed by atoms with Gasteiger partial charge in [-0.1, -0.05) is 0 Å². The predicted molar refractivity (Wildman–Crippen MR) is 63.1 cm³/mol. The molecular formula is C13H13FO4. The lowest BCUT2D eigenvalue weighted by molar-refractivity contribution is -0.137. The van der Waals surface area contributed by atoms with Gasteiger partial charge in [0.05, 0.1) is 6.61 Å². The summed E-state index contributed by atoms with van der Waals surface area (Å²) in [6.07, 6.45) is 3.21. The maximum atomic E-state index is 13.0. The Hall–Kier alpha value is -2.17. The fourth-order valence-electron chi connectivity index (χ4n) is 1.21. The van der Waals surface area contributed by atoms with Crippen molar-refractivity contribution in [3.63, 3.8) is 0 Å². The minimum atomic E-state index is -0.552. The van der Waals surface area contributed by atoms with Crippen LogP contribution >= 0.6 is 0 Å². The van der Waals surface area contributed by atoms with Crippen molar-refractivity contribution >= 4 is 12.3 Å². The monoisotopic (exact) mass is 252 g/mol. The van der Waals surface area contributed by atoms with Crippen LogP contribution in [0.4, 0.5) is 4.39 Å². The van der Waals surface area contributed by atoms with Crippen molar-refractivity contribution < 1.29 is 23.5 Å². The first-order valence-corrected chi connectivity index (χ1v) is 5.37.